The Balaban J connectivity index is 2.21. The molecule has 0 aliphatic carbocycles. The second-order valence-corrected chi connectivity index (χ2v) is 4.24. The predicted octanol–water partition coefficient (Wildman–Crippen LogP) is 2.46. The van der Waals surface area contributed by atoms with Gasteiger partial charge in [0.05, 0.1) is 0 Å². The van der Waals surface area contributed by atoms with E-state index in [-0.39, 0.29) is 0 Å². The molecule has 1 N–H and O–H groups in total. The normalized spacial score (nSPS) is 10.8. The van der Waals surface area contributed by atoms with Gasteiger partial charge in [0, 0.05) is 23.6 Å². The predicted molar refractivity (Wildman–Crippen MR) is 67.1 cm³/mol. The fourth-order valence-corrected chi connectivity index (χ4v) is 1.62. The van der Waals surface area contributed by atoms with Crippen LogP contribution >= 0.6 is 11.6 Å². The molecule has 1 aromatic heterocycles. The maximum atomic E-state index is 6.05. The molecule has 0 atom stereocenters. The first kappa shape index (κ1) is 12.1. The summed E-state index contributed by atoms with van der Waals surface area (Å²) in [7, 11) is 1.89. The largest absolute Gasteiger partial charge is 0.334 e. The third-order valence-electron chi connectivity index (χ3n) is 2.49. The van der Waals surface area contributed by atoms with Gasteiger partial charge in [-0.25, -0.2) is 0 Å². The van der Waals surface area contributed by atoms with Gasteiger partial charge in [-0.15, -0.1) is 0 Å². The van der Waals surface area contributed by atoms with E-state index in [0.29, 0.717) is 16.7 Å². The van der Waals surface area contributed by atoms with Gasteiger partial charge in [0.2, 0.25) is 0 Å². The minimum atomic E-state index is 0.512. The summed E-state index contributed by atoms with van der Waals surface area (Å²) in [5.41, 5.74) is 1.88. The van der Waals surface area contributed by atoms with Crippen LogP contribution in [0.5, 0.6) is 0 Å². The van der Waals surface area contributed by atoms with Crippen molar-refractivity contribution >= 4 is 11.6 Å². The molecular weight excluding hydrogens is 238 g/mol. The van der Waals surface area contributed by atoms with E-state index in [9.17, 15) is 0 Å². The maximum Gasteiger partial charge on any atom is 0.257 e. The van der Waals surface area contributed by atoms with Crippen LogP contribution in [0.1, 0.15) is 11.4 Å². The molecule has 4 nitrogen and oxygen atoms in total. The van der Waals surface area contributed by atoms with Crippen molar-refractivity contribution in [3.8, 4) is 11.5 Å². The average molecular weight is 252 g/mol. The monoisotopic (exact) mass is 251 g/mol. The van der Waals surface area contributed by atoms with Crippen molar-refractivity contribution in [2.24, 2.45) is 0 Å². The van der Waals surface area contributed by atoms with Crippen molar-refractivity contribution < 1.29 is 4.52 Å². The van der Waals surface area contributed by atoms with E-state index in [0.717, 1.165) is 24.1 Å². The summed E-state index contributed by atoms with van der Waals surface area (Å²) < 4.78 is 5.20. The van der Waals surface area contributed by atoms with E-state index in [1.807, 2.05) is 32.2 Å². The Labute approximate surface area is 105 Å². The third kappa shape index (κ3) is 2.84. The molecule has 90 valence electrons. The molecule has 0 saturated carbocycles. The SMILES string of the molecule is CNCCc1noc(-c2ccc(C)c(Cl)c2)n1. The summed E-state index contributed by atoms with van der Waals surface area (Å²) in [4.78, 5) is 4.31. The number of halogens is 1. The number of hydrogen-bond donors (Lipinski definition) is 1. The van der Waals surface area contributed by atoms with Gasteiger partial charge in [-0.2, -0.15) is 4.98 Å². The fraction of sp³-hybridized carbons (Fsp3) is 0.333. The van der Waals surface area contributed by atoms with Crippen molar-refractivity contribution in [3.63, 3.8) is 0 Å². The summed E-state index contributed by atoms with van der Waals surface area (Å²) in [6, 6.07) is 5.71. The molecule has 0 aliphatic rings. The molecule has 0 aliphatic heterocycles. The van der Waals surface area contributed by atoms with Gasteiger partial charge in [-0.1, -0.05) is 22.8 Å². The van der Waals surface area contributed by atoms with Gasteiger partial charge < -0.3 is 9.84 Å². The Hall–Kier alpha value is -1.39. The topological polar surface area (TPSA) is 51.0 Å². The summed E-state index contributed by atoms with van der Waals surface area (Å²) in [6.07, 6.45) is 0.750. The molecule has 0 radical (unpaired) electrons. The van der Waals surface area contributed by atoms with Crippen LogP contribution in [0.4, 0.5) is 0 Å². The van der Waals surface area contributed by atoms with Crippen molar-refractivity contribution in [3.05, 3.63) is 34.6 Å². The lowest BCUT2D eigenvalue weighted by molar-refractivity contribution is 0.422. The lowest BCUT2D eigenvalue weighted by Gasteiger charge is -1.98. The molecule has 0 spiro atoms. The Morgan fingerprint density at radius 2 is 2.24 bits per heavy atom. The Morgan fingerprint density at radius 1 is 1.41 bits per heavy atom. The van der Waals surface area contributed by atoms with Crippen molar-refractivity contribution in [1.29, 1.82) is 0 Å². The van der Waals surface area contributed by atoms with Crippen molar-refractivity contribution in [2.45, 2.75) is 13.3 Å². The van der Waals surface area contributed by atoms with E-state index >= 15 is 0 Å². The Bertz CT molecular complexity index is 510. The first-order valence-corrected chi connectivity index (χ1v) is 5.82. The molecule has 2 rings (SSSR count). The molecule has 0 amide bonds. The van der Waals surface area contributed by atoms with E-state index in [1.54, 1.807) is 0 Å². The highest BCUT2D eigenvalue weighted by atomic mass is 35.5. The van der Waals surface area contributed by atoms with Crippen molar-refractivity contribution in [2.75, 3.05) is 13.6 Å². The number of aromatic nitrogens is 2. The van der Waals surface area contributed by atoms with Crippen LogP contribution < -0.4 is 5.32 Å². The Morgan fingerprint density at radius 3 is 2.94 bits per heavy atom. The summed E-state index contributed by atoms with van der Waals surface area (Å²) in [5, 5.41) is 7.66. The zero-order chi connectivity index (χ0) is 12.3. The number of nitrogens with zero attached hydrogens (tertiary/aromatic N) is 2. The standard InChI is InChI=1S/C12H14ClN3O/c1-8-3-4-9(7-10(8)13)12-15-11(16-17-12)5-6-14-2/h3-4,7,14H,5-6H2,1-2H3. The number of hydrogen-bond acceptors (Lipinski definition) is 4. The van der Waals surface area contributed by atoms with E-state index in [1.165, 1.54) is 0 Å². The number of likely N-dealkylation sites (N-methyl/N-ethyl adjacent to an activating group) is 1. The number of rotatable bonds is 4. The zero-order valence-corrected chi connectivity index (χ0v) is 10.6. The smallest absolute Gasteiger partial charge is 0.257 e. The molecule has 2 aromatic rings. The quantitative estimate of drug-likeness (QED) is 0.907. The van der Waals surface area contributed by atoms with Crippen LogP contribution in [0, 0.1) is 6.92 Å². The molecular formula is C12H14ClN3O. The average Bonchev–Trinajstić information content (AvgIpc) is 2.79. The molecule has 1 aromatic carbocycles. The number of aryl methyl sites for hydroxylation is 1. The first-order valence-electron chi connectivity index (χ1n) is 5.44. The number of nitrogens with one attached hydrogen (secondary N) is 1. The van der Waals surface area contributed by atoms with Gasteiger partial charge in [-0.3, -0.25) is 0 Å². The molecule has 0 bridgehead atoms. The molecule has 0 unspecified atom stereocenters. The Kier molecular flexibility index (Phi) is 3.76. The summed E-state index contributed by atoms with van der Waals surface area (Å²) in [5.74, 6) is 1.21. The fourth-order valence-electron chi connectivity index (χ4n) is 1.44. The van der Waals surface area contributed by atoms with Crippen LogP contribution in [0.15, 0.2) is 22.7 Å². The lowest BCUT2D eigenvalue weighted by Crippen LogP contribution is -2.10. The highest BCUT2D eigenvalue weighted by Gasteiger charge is 2.09. The summed E-state index contributed by atoms with van der Waals surface area (Å²) >= 11 is 6.05. The van der Waals surface area contributed by atoms with Crippen LogP contribution in [0.25, 0.3) is 11.5 Å². The zero-order valence-electron chi connectivity index (χ0n) is 9.83. The van der Waals surface area contributed by atoms with Crippen molar-refractivity contribution in [1.82, 2.24) is 15.5 Å². The summed E-state index contributed by atoms with van der Waals surface area (Å²) in [6.45, 7) is 2.78. The van der Waals surface area contributed by atoms with Gasteiger partial charge >= 0.3 is 0 Å². The molecule has 1 heterocycles. The second kappa shape index (κ2) is 5.29. The van der Waals surface area contributed by atoms with Crippen LogP contribution in [0.3, 0.4) is 0 Å². The van der Waals surface area contributed by atoms with Crippen LogP contribution in [-0.4, -0.2) is 23.7 Å². The maximum absolute atomic E-state index is 6.05. The van der Waals surface area contributed by atoms with Gasteiger partial charge in [0.25, 0.3) is 5.89 Å². The molecule has 0 fully saturated rings. The minimum absolute atomic E-state index is 0.512. The highest BCUT2D eigenvalue weighted by Crippen LogP contribution is 2.23. The van der Waals surface area contributed by atoms with Gasteiger partial charge in [0.1, 0.15) is 0 Å². The van der Waals surface area contributed by atoms with Gasteiger partial charge in [-0.05, 0) is 31.7 Å². The van der Waals surface area contributed by atoms with E-state index in [2.05, 4.69) is 15.5 Å². The molecule has 5 heteroatoms. The van der Waals surface area contributed by atoms with Crippen LogP contribution in [0.2, 0.25) is 5.02 Å². The molecule has 0 saturated heterocycles. The third-order valence-corrected chi connectivity index (χ3v) is 2.89. The van der Waals surface area contributed by atoms with E-state index < -0.39 is 0 Å². The second-order valence-electron chi connectivity index (χ2n) is 3.83. The van der Waals surface area contributed by atoms with Crippen LogP contribution in [-0.2, 0) is 6.42 Å². The lowest BCUT2D eigenvalue weighted by atomic mass is 10.1. The van der Waals surface area contributed by atoms with Gasteiger partial charge in [0.15, 0.2) is 5.82 Å². The number of benzene rings is 1. The highest BCUT2D eigenvalue weighted by molar-refractivity contribution is 6.31. The minimum Gasteiger partial charge on any atom is -0.334 e. The van der Waals surface area contributed by atoms with E-state index in [4.69, 9.17) is 16.1 Å². The first-order chi connectivity index (χ1) is 8.20. The molecule has 17 heavy (non-hydrogen) atoms.